The topological polar surface area (TPSA) is 29.0 Å². The lowest BCUT2D eigenvalue weighted by atomic mass is 9.92. The fourth-order valence-corrected chi connectivity index (χ4v) is 2.29. The summed E-state index contributed by atoms with van der Waals surface area (Å²) in [5.41, 5.74) is 2.75. The highest BCUT2D eigenvalue weighted by atomic mass is 15.2. The van der Waals surface area contributed by atoms with Crippen LogP contribution in [0.15, 0.2) is 49.1 Å². The van der Waals surface area contributed by atoms with Gasteiger partial charge in [-0.2, -0.15) is 0 Å². The molecule has 86 valence electrons. The van der Waals surface area contributed by atoms with Crippen LogP contribution < -0.4 is 0 Å². The molecule has 0 unspecified atom stereocenters. The van der Waals surface area contributed by atoms with Crippen molar-refractivity contribution in [2.45, 2.75) is 12.5 Å². The minimum atomic E-state index is 0.680. The SMILES string of the molecule is c1cc(CN2CC(c3ccncc3)C2)ccn1. The minimum Gasteiger partial charge on any atom is -0.298 e. The maximum Gasteiger partial charge on any atom is 0.0271 e. The summed E-state index contributed by atoms with van der Waals surface area (Å²) in [7, 11) is 0. The molecule has 0 aromatic carbocycles. The van der Waals surface area contributed by atoms with E-state index in [0.717, 1.165) is 19.6 Å². The molecular weight excluding hydrogens is 210 g/mol. The van der Waals surface area contributed by atoms with E-state index >= 15 is 0 Å². The lowest BCUT2D eigenvalue weighted by Crippen LogP contribution is -2.44. The third-order valence-electron chi connectivity index (χ3n) is 3.29. The zero-order valence-electron chi connectivity index (χ0n) is 9.66. The molecular formula is C14H15N3. The summed E-state index contributed by atoms with van der Waals surface area (Å²) in [6, 6.07) is 8.41. The van der Waals surface area contributed by atoms with Gasteiger partial charge in [-0.25, -0.2) is 0 Å². The number of likely N-dealkylation sites (tertiary alicyclic amines) is 1. The van der Waals surface area contributed by atoms with E-state index in [1.165, 1.54) is 11.1 Å². The van der Waals surface area contributed by atoms with Crippen molar-refractivity contribution in [3.63, 3.8) is 0 Å². The van der Waals surface area contributed by atoms with Crippen LogP contribution in [0.5, 0.6) is 0 Å². The van der Waals surface area contributed by atoms with Crippen molar-refractivity contribution in [3.05, 3.63) is 60.2 Å². The van der Waals surface area contributed by atoms with Gasteiger partial charge in [0.1, 0.15) is 0 Å². The second kappa shape index (κ2) is 4.63. The van der Waals surface area contributed by atoms with Crippen LogP contribution in [0.2, 0.25) is 0 Å². The minimum absolute atomic E-state index is 0.680. The van der Waals surface area contributed by atoms with Gasteiger partial charge in [0.15, 0.2) is 0 Å². The summed E-state index contributed by atoms with van der Waals surface area (Å²) < 4.78 is 0. The van der Waals surface area contributed by atoms with Gasteiger partial charge in [-0.1, -0.05) is 0 Å². The average molecular weight is 225 g/mol. The van der Waals surface area contributed by atoms with Gasteiger partial charge in [0.25, 0.3) is 0 Å². The summed E-state index contributed by atoms with van der Waals surface area (Å²) in [4.78, 5) is 10.5. The molecule has 3 rings (SSSR count). The Morgan fingerprint density at radius 3 is 2.18 bits per heavy atom. The van der Waals surface area contributed by atoms with Crippen molar-refractivity contribution in [1.82, 2.24) is 14.9 Å². The molecule has 0 spiro atoms. The molecule has 17 heavy (non-hydrogen) atoms. The van der Waals surface area contributed by atoms with Gasteiger partial charge in [-0.05, 0) is 35.4 Å². The van der Waals surface area contributed by atoms with Crippen LogP contribution >= 0.6 is 0 Å². The molecule has 0 amide bonds. The summed E-state index contributed by atoms with van der Waals surface area (Å²) in [5, 5.41) is 0. The van der Waals surface area contributed by atoms with Gasteiger partial charge in [-0.15, -0.1) is 0 Å². The molecule has 0 atom stereocenters. The first-order valence-electron chi connectivity index (χ1n) is 5.93. The van der Waals surface area contributed by atoms with Crippen LogP contribution in [0.1, 0.15) is 17.0 Å². The normalized spacial score (nSPS) is 16.7. The number of nitrogens with zero attached hydrogens (tertiary/aromatic N) is 3. The number of pyridine rings is 2. The van der Waals surface area contributed by atoms with Crippen molar-refractivity contribution >= 4 is 0 Å². The predicted octanol–water partition coefficient (Wildman–Crippen LogP) is 2.08. The number of hydrogen-bond donors (Lipinski definition) is 0. The Balaban J connectivity index is 1.56. The van der Waals surface area contributed by atoms with Crippen LogP contribution in [-0.2, 0) is 6.54 Å². The number of rotatable bonds is 3. The maximum atomic E-state index is 4.05. The zero-order chi connectivity index (χ0) is 11.5. The highest BCUT2D eigenvalue weighted by Gasteiger charge is 2.27. The molecule has 1 fully saturated rings. The van der Waals surface area contributed by atoms with Crippen LogP contribution in [0.4, 0.5) is 0 Å². The molecule has 1 aliphatic heterocycles. The highest BCUT2D eigenvalue weighted by molar-refractivity contribution is 5.20. The number of hydrogen-bond acceptors (Lipinski definition) is 3. The van der Waals surface area contributed by atoms with Gasteiger partial charge in [0, 0.05) is 50.3 Å². The quantitative estimate of drug-likeness (QED) is 0.800. The summed E-state index contributed by atoms with van der Waals surface area (Å²) in [5.74, 6) is 0.680. The smallest absolute Gasteiger partial charge is 0.0271 e. The van der Waals surface area contributed by atoms with Gasteiger partial charge >= 0.3 is 0 Å². The van der Waals surface area contributed by atoms with Gasteiger partial charge in [0.05, 0.1) is 0 Å². The third-order valence-corrected chi connectivity index (χ3v) is 3.29. The monoisotopic (exact) mass is 225 g/mol. The number of aromatic nitrogens is 2. The molecule has 3 nitrogen and oxygen atoms in total. The first-order valence-corrected chi connectivity index (χ1v) is 5.93. The predicted molar refractivity (Wildman–Crippen MR) is 66.5 cm³/mol. The second-order valence-corrected chi connectivity index (χ2v) is 4.53. The second-order valence-electron chi connectivity index (χ2n) is 4.53. The largest absolute Gasteiger partial charge is 0.298 e. The van der Waals surface area contributed by atoms with Crippen molar-refractivity contribution in [2.75, 3.05) is 13.1 Å². The summed E-state index contributed by atoms with van der Waals surface area (Å²) in [6.45, 7) is 3.32. The van der Waals surface area contributed by atoms with E-state index in [1.807, 2.05) is 24.8 Å². The van der Waals surface area contributed by atoms with E-state index in [-0.39, 0.29) is 0 Å². The average Bonchev–Trinajstić information content (AvgIpc) is 2.36. The Morgan fingerprint density at radius 2 is 1.53 bits per heavy atom. The molecule has 3 heterocycles. The van der Waals surface area contributed by atoms with Crippen molar-refractivity contribution in [1.29, 1.82) is 0 Å². The van der Waals surface area contributed by atoms with Gasteiger partial charge in [0.2, 0.25) is 0 Å². The van der Waals surface area contributed by atoms with Gasteiger partial charge in [-0.3, -0.25) is 14.9 Å². The first kappa shape index (κ1) is 10.4. The molecule has 2 aromatic rings. The van der Waals surface area contributed by atoms with E-state index < -0.39 is 0 Å². The Bertz CT molecular complexity index is 463. The molecule has 2 aromatic heterocycles. The van der Waals surface area contributed by atoms with Crippen LogP contribution in [0.25, 0.3) is 0 Å². The van der Waals surface area contributed by atoms with Crippen molar-refractivity contribution in [2.24, 2.45) is 0 Å². The molecule has 0 aliphatic carbocycles. The van der Waals surface area contributed by atoms with E-state index in [4.69, 9.17) is 0 Å². The zero-order valence-corrected chi connectivity index (χ0v) is 9.66. The molecule has 1 saturated heterocycles. The standard InChI is InChI=1S/C14H15N3/c1-5-15-6-2-12(1)9-17-10-14(11-17)13-3-7-16-8-4-13/h1-8,14H,9-11H2. The van der Waals surface area contributed by atoms with Crippen LogP contribution in [0, 0.1) is 0 Å². The third kappa shape index (κ3) is 2.34. The highest BCUT2D eigenvalue weighted by Crippen LogP contribution is 2.27. The van der Waals surface area contributed by atoms with E-state index in [9.17, 15) is 0 Å². The van der Waals surface area contributed by atoms with Crippen molar-refractivity contribution < 1.29 is 0 Å². The van der Waals surface area contributed by atoms with Crippen LogP contribution in [-0.4, -0.2) is 28.0 Å². The molecule has 0 N–H and O–H groups in total. The maximum absolute atomic E-state index is 4.05. The Hall–Kier alpha value is -1.74. The Morgan fingerprint density at radius 1 is 0.941 bits per heavy atom. The van der Waals surface area contributed by atoms with E-state index in [2.05, 4.69) is 39.1 Å². The Labute approximate surface area is 101 Å². The summed E-state index contributed by atoms with van der Waals surface area (Å²) >= 11 is 0. The van der Waals surface area contributed by atoms with Crippen molar-refractivity contribution in [3.8, 4) is 0 Å². The molecule has 3 heteroatoms. The Kier molecular flexibility index (Phi) is 2.84. The molecule has 0 saturated carbocycles. The molecule has 1 aliphatic rings. The summed E-state index contributed by atoms with van der Waals surface area (Å²) in [6.07, 6.45) is 7.46. The van der Waals surface area contributed by atoms with Crippen LogP contribution in [0.3, 0.4) is 0 Å². The molecule has 0 radical (unpaired) electrons. The fourth-order valence-electron chi connectivity index (χ4n) is 2.29. The lowest BCUT2D eigenvalue weighted by Gasteiger charge is -2.39. The molecule has 0 bridgehead atoms. The first-order chi connectivity index (χ1) is 8.42. The fraction of sp³-hybridized carbons (Fsp3) is 0.286. The van der Waals surface area contributed by atoms with E-state index in [0.29, 0.717) is 5.92 Å². The lowest BCUT2D eigenvalue weighted by molar-refractivity contribution is 0.139. The van der Waals surface area contributed by atoms with E-state index in [1.54, 1.807) is 0 Å². The van der Waals surface area contributed by atoms with Gasteiger partial charge < -0.3 is 0 Å².